The molecule has 0 amide bonds. The summed E-state index contributed by atoms with van der Waals surface area (Å²) in [5.41, 5.74) is 3.36. The summed E-state index contributed by atoms with van der Waals surface area (Å²) in [4.78, 5) is 20.0. The van der Waals surface area contributed by atoms with Crippen LogP contribution in [0.3, 0.4) is 0 Å². The molecule has 2 fully saturated rings. The van der Waals surface area contributed by atoms with Crippen LogP contribution in [-0.2, 0) is 4.74 Å². The number of nitrogens with one attached hydrogen (secondary N) is 1. The Morgan fingerprint density at radius 2 is 1.80 bits per heavy atom. The molecule has 4 aromatic rings. The highest BCUT2D eigenvalue weighted by atomic mass is 16.5. The average Bonchev–Trinajstić information content (AvgIpc) is 3.46. The maximum atomic E-state index is 6.53. The predicted octanol–water partition coefficient (Wildman–Crippen LogP) is 3.11. The molecular formula is C24H26N8O3. The first-order chi connectivity index (χ1) is 17.3. The lowest BCUT2D eigenvalue weighted by Crippen LogP contribution is -2.36. The van der Waals surface area contributed by atoms with Crippen LogP contribution in [0.4, 0.5) is 11.5 Å². The maximum Gasteiger partial charge on any atom is 0.266 e. The van der Waals surface area contributed by atoms with Gasteiger partial charge in [0.25, 0.3) is 5.89 Å². The van der Waals surface area contributed by atoms with Gasteiger partial charge in [-0.3, -0.25) is 4.98 Å². The topological polar surface area (TPSA) is 124 Å². The molecule has 2 aliphatic rings. The van der Waals surface area contributed by atoms with Gasteiger partial charge in [-0.05, 0) is 31.7 Å². The van der Waals surface area contributed by atoms with Gasteiger partial charge in [0, 0.05) is 49.3 Å². The SMILES string of the molecule is c1nc(N[C@H]2CC[C@@H](Oc3cc(N4CCOCC4)cc4nccnc34)CC2)cc(-c2nnco2)n1. The number of hydrogen-bond donors (Lipinski definition) is 1. The number of fused-ring (bicyclic) bond motifs is 1. The minimum absolute atomic E-state index is 0.123. The van der Waals surface area contributed by atoms with E-state index < -0.39 is 0 Å². The van der Waals surface area contributed by atoms with Gasteiger partial charge in [-0.15, -0.1) is 10.2 Å². The van der Waals surface area contributed by atoms with Crippen LogP contribution in [0.2, 0.25) is 0 Å². The molecule has 1 saturated carbocycles. The Morgan fingerprint density at radius 1 is 0.943 bits per heavy atom. The lowest BCUT2D eigenvalue weighted by atomic mass is 9.93. The molecule has 1 N–H and O–H groups in total. The minimum atomic E-state index is 0.123. The van der Waals surface area contributed by atoms with E-state index in [1.807, 2.05) is 6.07 Å². The van der Waals surface area contributed by atoms with Crippen molar-refractivity contribution in [3.8, 4) is 17.3 Å². The molecular weight excluding hydrogens is 448 g/mol. The molecule has 35 heavy (non-hydrogen) atoms. The first-order valence-electron chi connectivity index (χ1n) is 11.9. The van der Waals surface area contributed by atoms with Crippen molar-refractivity contribution in [3.63, 3.8) is 0 Å². The summed E-state index contributed by atoms with van der Waals surface area (Å²) in [7, 11) is 0. The fourth-order valence-electron chi connectivity index (χ4n) is 4.67. The van der Waals surface area contributed by atoms with Crippen molar-refractivity contribution < 1.29 is 13.9 Å². The third-order valence-corrected chi connectivity index (χ3v) is 6.47. The number of anilines is 2. The Labute approximate surface area is 201 Å². The van der Waals surface area contributed by atoms with E-state index in [-0.39, 0.29) is 6.10 Å². The van der Waals surface area contributed by atoms with Gasteiger partial charge in [-0.2, -0.15) is 0 Å². The molecule has 11 nitrogen and oxygen atoms in total. The molecule has 1 aliphatic heterocycles. The van der Waals surface area contributed by atoms with Gasteiger partial charge in [0.15, 0.2) is 0 Å². The third-order valence-electron chi connectivity index (χ3n) is 6.47. The minimum Gasteiger partial charge on any atom is -0.488 e. The predicted molar refractivity (Wildman–Crippen MR) is 128 cm³/mol. The van der Waals surface area contributed by atoms with Crippen LogP contribution >= 0.6 is 0 Å². The van der Waals surface area contributed by atoms with Gasteiger partial charge in [0.05, 0.1) is 24.8 Å². The Balaban J connectivity index is 1.12. The highest BCUT2D eigenvalue weighted by Gasteiger charge is 2.24. The molecule has 1 aromatic carbocycles. The van der Waals surface area contributed by atoms with Crippen LogP contribution in [0.1, 0.15) is 25.7 Å². The summed E-state index contributed by atoms with van der Waals surface area (Å²) >= 11 is 0. The Bertz CT molecular complexity index is 1270. The lowest BCUT2D eigenvalue weighted by molar-refractivity contribution is 0.122. The summed E-state index contributed by atoms with van der Waals surface area (Å²) in [5, 5.41) is 11.1. The molecule has 0 atom stereocenters. The molecule has 11 heteroatoms. The molecule has 1 aliphatic carbocycles. The largest absolute Gasteiger partial charge is 0.488 e. The number of nitrogens with zero attached hydrogens (tertiary/aromatic N) is 7. The first-order valence-corrected chi connectivity index (χ1v) is 11.9. The van der Waals surface area contributed by atoms with E-state index >= 15 is 0 Å². The number of rotatable bonds is 6. The van der Waals surface area contributed by atoms with Gasteiger partial charge in [0.1, 0.15) is 29.1 Å². The molecule has 4 heterocycles. The summed E-state index contributed by atoms with van der Waals surface area (Å²) in [6.45, 7) is 3.18. The van der Waals surface area contributed by atoms with Crippen LogP contribution in [0, 0.1) is 0 Å². The number of aromatic nitrogens is 6. The van der Waals surface area contributed by atoms with Crippen molar-refractivity contribution >= 4 is 22.5 Å². The smallest absolute Gasteiger partial charge is 0.266 e. The molecule has 1 saturated heterocycles. The molecule has 6 rings (SSSR count). The van der Waals surface area contributed by atoms with Crippen molar-refractivity contribution in [3.05, 3.63) is 43.3 Å². The van der Waals surface area contributed by atoms with Crippen LogP contribution < -0.4 is 15.0 Å². The number of ether oxygens (including phenoxy) is 2. The monoisotopic (exact) mass is 474 g/mol. The quantitative estimate of drug-likeness (QED) is 0.443. The van der Waals surface area contributed by atoms with Crippen molar-refractivity contribution in [2.24, 2.45) is 0 Å². The standard InChI is InChI=1S/C24H26N8O3/c1-3-18(4-2-16(1)30-22-13-20(27-14-28-22)24-31-29-15-34-24)35-21-12-17(32-7-9-33-10-8-32)11-19-23(21)26-6-5-25-19/h5-6,11-16,18H,1-4,7-10H2,(H,27,28,30)/t16-,18+. The zero-order chi connectivity index (χ0) is 23.5. The third kappa shape index (κ3) is 4.85. The van der Waals surface area contributed by atoms with Gasteiger partial charge in [-0.1, -0.05) is 0 Å². The van der Waals surface area contributed by atoms with E-state index in [1.165, 1.54) is 12.7 Å². The normalized spacial score (nSPS) is 20.6. The molecule has 180 valence electrons. The van der Waals surface area contributed by atoms with Crippen molar-refractivity contribution in [2.45, 2.75) is 37.8 Å². The first kappa shape index (κ1) is 21.7. The molecule has 0 radical (unpaired) electrons. The van der Waals surface area contributed by atoms with Crippen molar-refractivity contribution in [2.75, 3.05) is 36.5 Å². The molecule has 0 bridgehead atoms. The summed E-state index contributed by atoms with van der Waals surface area (Å²) < 4.78 is 17.3. The highest BCUT2D eigenvalue weighted by molar-refractivity contribution is 5.85. The fraction of sp³-hybridized carbons (Fsp3) is 0.417. The molecule has 0 unspecified atom stereocenters. The lowest BCUT2D eigenvalue weighted by Gasteiger charge is -2.31. The van der Waals surface area contributed by atoms with Gasteiger partial charge in [-0.25, -0.2) is 15.0 Å². The van der Waals surface area contributed by atoms with Crippen molar-refractivity contribution in [1.82, 2.24) is 30.1 Å². The van der Waals surface area contributed by atoms with E-state index in [0.29, 0.717) is 17.6 Å². The molecule has 0 spiro atoms. The van der Waals surface area contributed by atoms with Crippen LogP contribution in [-0.4, -0.2) is 68.6 Å². The Hall–Kier alpha value is -3.86. The average molecular weight is 475 g/mol. The van der Waals surface area contributed by atoms with Crippen LogP contribution in [0.25, 0.3) is 22.6 Å². The maximum absolute atomic E-state index is 6.53. The Morgan fingerprint density at radius 3 is 2.63 bits per heavy atom. The summed E-state index contributed by atoms with van der Waals surface area (Å²) in [6, 6.07) is 6.33. The van der Waals surface area contributed by atoms with E-state index in [4.69, 9.17) is 13.9 Å². The summed E-state index contributed by atoms with van der Waals surface area (Å²) in [5.74, 6) is 1.92. The van der Waals surface area contributed by atoms with E-state index in [9.17, 15) is 0 Å². The zero-order valence-electron chi connectivity index (χ0n) is 19.2. The molecule has 3 aromatic heterocycles. The zero-order valence-corrected chi connectivity index (χ0v) is 19.2. The second kappa shape index (κ2) is 9.79. The van der Waals surface area contributed by atoms with Crippen LogP contribution in [0.15, 0.2) is 47.7 Å². The van der Waals surface area contributed by atoms with E-state index in [1.54, 1.807) is 12.4 Å². The van der Waals surface area contributed by atoms with Crippen molar-refractivity contribution in [1.29, 1.82) is 0 Å². The second-order valence-electron chi connectivity index (χ2n) is 8.74. The highest BCUT2D eigenvalue weighted by Crippen LogP contribution is 2.33. The van der Waals surface area contributed by atoms with Crippen LogP contribution in [0.5, 0.6) is 5.75 Å². The number of morpholine rings is 1. The number of hydrogen-bond acceptors (Lipinski definition) is 11. The number of benzene rings is 1. The van der Waals surface area contributed by atoms with E-state index in [0.717, 1.165) is 80.3 Å². The summed E-state index contributed by atoms with van der Waals surface area (Å²) in [6.07, 6.45) is 10.2. The van der Waals surface area contributed by atoms with Gasteiger partial charge < -0.3 is 24.1 Å². The van der Waals surface area contributed by atoms with Gasteiger partial charge in [0.2, 0.25) is 6.39 Å². The van der Waals surface area contributed by atoms with E-state index in [2.05, 4.69) is 52.5 Å². The Kier molecular flexibility index (Phi) is 6.06. The fourth-order valence-corrected chi connectivity index (χ4v) is 4.67. The second-order valence-corrected chi connectivity index (χ2v) is 8.74. The van der Waals surface area contributed by atoms with Gasteiger partial charge >= 0.3 is 0 Å².